The number of rotatable bonds is 6. The van der Waals surface area contributed by atoms with Gasteiger partial charge in [0.2, 0.25) is 11.8 Å². The standard InChI is InChI=1S/C18H22N2O3S2/c21-16(10-11-24-13-6-2-1-3-7-13)19-14-8-4-5-9-15(14)20-17(22)12-25-18(20)23/h1-3,6-7,14-15H,4-5,8-12H2,(H,19,21). The van der Waals surface area contributed by atoms with E-state index < -0.39 is 0 Å². The van der Waals surface area contributed by atoms with Crippen molar-refractivity contribution in [3.05, 3.63) is 30.3 Å². The number of nitrogens with zero attached hydrogens (tertiary/aromatic N) is 1. The van der Waals surface area contributed by atoms with Gasteiger partial charge in [-0.2, -0.15) is 0 Å². The molecule has 2 unspecified atom stereocenters. The van der Waals surface area contributed by atoms with Gasteiger partial charge in [-0.05, 0) is 25.0 Å². The quantitative estimate of drug-likeness (QED) is 0.770. The molecule has 3 amide bonds. The molecule has 2 fully saturated rings. The van der Waals surface area contributed by atoms with E-state index in [1.807, 2.05) is 30.3 Å². The number of nitrogens with one attached hydrogen (secondary N) is 1. The van der Waals surface area contributed by atoms with Crippen LogP contribution >= 0.6 is 23.5 Å². The SMILES string of the molecule is O=C(CCSc1ccccc1)NC1CCCCC1N1C(=O)CSC1=O. The van der Waals surface area contributed by atoms with E-state index in [9.17, 15) is 14.4 Å². The Labute approximate surface area is 156 Å². The van der Waals surface area contributed by atoms with Gasteiger partial charge in [-0.3, -0.25) is 19.3 Å². The van der Waals surface area contributed by atoms with Gasteiger partial charge in [-0.1, -0.05) is 42.8 Å². The molecule has 1 saturated carbocycles. The van der Waals surface area contributed by atoms with Gasteiger partial charge in [-0.15, -0.1) is 11.8 Å². The van der Waals surface area contributed by atoms with E-state index in [1.54, 1.807) is 11.8 Å². The third-order valence-corrected chi connectivity index (χ3v) is 6.38. The maximum Gasteiger partial charge on any atom is 0.289 e. The third kappa shape index (κ3) is 4.79. The zero-order valence-corrected chi connectivity index (χ0v) is 15.6. The van der Waals surface area contributed by atoms with Crippen LogP contribution in [0.15, 0.2) is 35.2 Å². The maximum atomic E-state index is 12.3. The van der Waals surface area contributed by atoms with Crippen LogP contribution in [0.25, 0.3) is 0 Å². The Kier molecular flexibility index (Phi) is 6.42. The van der Waals surface area contributed by atoms with Gasteiger partial charge in [0.1, 0.15) is 0 Å². The first kappa shape index (κ1) is 18.3. The molecule has 0 spiro atoms. The van der Waals surface area contributed by atoms with Crippen molar-refractivity contribution in [2.75, 3.05) is 11.5 Å². The van der Waals surface area contributed by atoms with E-state index in [0.717, 1.165) is 42.3 Å². The predicted octanol–water partition coefficient (Wildman–Crippen LogP) is 3.29. The van der Waals surface area contributed by atoms with Gasteiger partial charge in [0.25, 0.3) is 5.24 Å². The summed E-state index contributed by atoms with van der Waals surface area (Å²) in [5, 5.41) is 2.90. The molecule has 134 valence electrons. The topological polar surface area (TPSA) is 66.5 Å². The summed E-state index contributed by atoms with van der Waals surface area (Å²) < 4.78 is 0. The van der Waals surface area contributed by atoms with Crippen LogP contribution in [0, 0.1) is 0 Å². The number of hydrogen-bond donors (Lipinski definition) is 1. The molecule has 0 bridgehead atoms. The van der Waals surface area contributed by atoms with E-state index >= 15 is 0 Å². The van der Waals surface area contributed by atoms with Crippen molar-refractivity contribution < 1.29 is 14.4 Å². The number of thioether (sulfide) groups is 2. The Morgan fingerprint density at radius 2 is 1.96 bits per heavy atom. The number of imide groups is 1. The molecule has 7 heteroatoms. The van der Waals surface area contributed by atoms with Crippen molar-refractivity contribution in [3.8, 4) is 0 Å². The highest BCUT2D eigenvalue weighted by molar-refractivity contribution is 8.14. The van der Waals surface area contributed by atoms with Gasteiger partial charge in [0.05, 0.1) is 11.8 Å². The Bertz CT molecular complexity index is 622. The maximum absolute atomic E-state index is 12.3. The molecule has 1 aromatic carbocycles. The van der Waals surface area contributed by atoms with Crippen LogP contribution in [0.4, 0.5) is 4.79 Å². The monoisotopic (exact) mass is 378 g/mol. The average Bonchev–Trinajstić information content (AvgIpc) is 2.95. The lowest BCUT2D eigenvalue weighted by atomic mass is 9.89. The molecule has 1 aromatic rings. The third-order valence-electron chi connectivity index (χ3n) is 4.53. The number of amides is 3. The van der Waals surface area contributed by atoms with Crippen molar-refractivity contribution in [2.24, 2.45) is 0 Å². The fourth-order valence-corrected chi connectivity index (χ4v) is 4.97. The van der Waals surface area contributed by atoms with E-state index in [1.165, 1.54) is 4.90 Å². The van der Waals surface area contributed by atoms with Gasteiger partial charge in [0, 0.05) is 23.1 Å². The molecule has 25 heavy (non-hydrogen) atoms. The summed E-state index contributed by atoms with van der Waals surface area (Å²) in [5.41, 5.74) is 0. The van der Waals surface area contributed by atoms with Crippen LogP contribution in [0.3, 0.4) is 0 Å². The molecule has 1 aliphatic heterocycles. The first-order valence-electron chi connectivity index (χ1n) is 8.61. The molecular formula is C18H22N2O3S2. The van der Waals surface area contributed by atoms with Gasteiger partial charge in [0.15, 0.2) is 0 Å². The fraction of sp³-hybridized carbons (Fsp3) is 0.500. The summed E-state index contributed by atoms with van der Waals surface area (Å²) in [5.74, 6) is 0.807. The molecule has 1 heterocycles. The molecular weight excluding hydrogens is 356 g/mol. The first-order valence-corrected chi connectivity index (χ1v) is 10.6. The number of hydrogen-bond acceptors (Lipinski definition) is 5. The number of benzene rings is 1. The largest absolute Gasteiger partial charge is 0.351 e. The highest BCUT2D eigenvalue weighted by Gasteiger charge is 2.41. The summed E-state index contributed by atoms with van der Waals surface area (Å²) >= 11 is 2.72. The van der Waals surface area contributed by atoms with E-state index in [4.69, 9.17) is 0 Å². The van der Waals surface area contributed by atoms with Crippen molar-refractivity contribution >= 4 is 40.6 Å². The van der Waals surface area contributed by atoms with E-state index in [2.05, 4.69) is 5.32 Å². The second kappa shape index (κ2) is 8.76. The van der Waals surface area contributed by atoms with E-state index in [-0.39, 0.29) is 34.9 Å². The van der Waals surface area contributed by atoms with Gasteiger partial charge >= 0.3 is 0 Å². The minimum absolute atomic E-state index is 0.00733. The second-order valence-electron chi connectivity index (χ2n) is 6.26. The molecule has 2 atom stereocenters. The van der Waals surface area contributed by atoms with E-state index in [0.29, 0.717) is 12.2 Å². The molecule has 1 saturated heterocycles. The minimum atomic E-state index is -0.186. The molecule has 5 nitrogen and oxygen atoms in total. The van der Waals surface area contributed by atoms with Crippen molar-refractivity contribution in [1.82, 2.24) is 10.2 Å². The van der Waals surface area contributed by atoms with Gasteiger partial charge < -0.3 is 5.32 Å². The zero-order chi connectivity index (χ0) is 17.6. The summed E-state index contributed by atoms with van der Waals surface area (Å²) in [7, 11) is 0. The van der Waals surface area contributed by atoms with Crippen LogP contribution in [0.5, 0.6) is 0 Å². The zero-order valence-electron chi connectivity index (χ0n) is 14.0. The second-order valence-corrected chi connectivity index (χ2v) is 8.35. The fourth-order valence-electron chi connectivity index (χ4n) is 3.33. The highest BCUT2D eigenvalue weighted by Crippen LogP contribution is 2.30. The van der Waals surface area contributed by atoms with Crippen molar-refractivity contribution in [2.45, 2.75) is 49.1 Å². The highest BCUT2D eigenvalue weighted by atomic mass is 32.2. The summed E-state index contributed by atoms with van der Waals surface area (Å²) in [6.07, 6.45) is 4.04. The predicted molar refractivity (Wildman–Crippen MR) is 101 cm³/mol. The van der Waals surface area contributed by atoms with Gasteiger partial charge in [-0.25, -0.2) is 0 Å². The van der Waals surface area contributed by atoms with Crippen LogP contribution < -0.4 is 5.32 Å². The van der Waals surface area contributed by atoms with Crippen LogP contribution in [-0.4, -0.2) is 45.5 Å². The lowest BCUT2D eigenvalue weighted by molar-refractivity contribution is -0.129. The minimum Gasteiger partial charge on any atom is -0.351 e. The summed E-state index contributed by atoms with van der Waals surface area (Å²) in [6.45, 7) is 0. The smallest absolute Gasteiger partial charge is 0.289 e. The summed E-state index contributed by atoms with van der Waals surface area (Å²) in [4.78, 5) is 38.8. The van der Waals surface area contributed by atoms with Crippen LogP contribution in [0.2, 0.25) is 0 Å². The Hall–Kier alpha value is -1.47. The van der Waals surface area contributed by atoms with Crippen LogP contribution in [-0.2, 0) is 9.59 Å². The summed E-state index contributed by atoms with van der Waals surface area (Å²) in [6, 6.07) is 9.70. The molecule has 2 aliphatic rings. The average molecular weight is 379 g/mol. The van der Waals surface area contributed by atoms with Crippen LogP contribution in [0.1, 0.15) is 32.1 Å². The first-order chi connectivity index (χ1) is 12.1. The molecule has 1 N–H and O–H groups in total. The number of carbonyl (C=O) groups excluding carboxylic acids is 3. The number of carbonyl (C=O) groups is 3. The van der Waals surface area contributed by atoms with Crippen molar-refractivity contribution in [1.29, 1.82) is 0 Å². The lowest BCUT2D eigenvalue weighted by Crippen LogP contribution is -2.54. The molecule has 3 rings (SSSR count). The molecule has 1 aliphatic carbocycles. The Morgan fingerprint density at radius 3 is 2.68 bits per heavy atom. The van der Waals surface area contributed by atoms with Crippen molar-refractivity contribution in [3.63, 3.8) is 0 Å². The lowest BCUT2D eigenvalue weighted by Gasteiger charge is -2.36. The molecule has 0 radical (unpaired) electrons. The Balaban J connectivity index is 1.51. The Morgan fingerprint density at radius 1 is 1.20 bits per heavy atom. The normalized spacial score (nSPS) is 23.8. The molecule has 0 aromatic heterocycles.